The summed E-state index contributed by atoms with van der Waals surface area (Å²) in [5.74, 6) is 1.14. The fraction of sp³-hybridized carbons (Fsp3) is 0.300. The van der Waals surface area contributed by atoms with E-state index in [1.807, 2.05) is 0 Å². The van der Waals surface area contributed by atoms with Gasteiger partial charge in [-0.2, -0.15) is 5.26 Å². The molecule has 2 aromatic heterocycles. The number of amides is 1. The third-order valence-electron chi connectivity index (χ3n) is 6.79. The molecule has 2 N–H and O–H groups in total. The van der Waals surface area contributed by atoms with E-state index in [4.69, 9.17) is 4.98 Å². The number of anilines is 1. The maximum absolute atomic E-state index is 12.8. The van der Waals surface area contributed by atoms with Crippen LogP contribution in [-0.2, 0) is 17.6 Å². The molecule has 0 bridgehead atoms. The monoisotopic (exact) mass is 526 g/mol. The Morgan fingerprint density at radius 3 is 2.49 bits per heavy atom. The Morgan fingerprint density at radius 2 is 1.81 bits per heavy atom. The zero-order chi connectivity index (χ0) is 25.9. The summed E-state index contributed by atoms with van der Waals surface area (Å²) in [6.07, 6.45) is 3.36. The molecule has 0 saturated carbocycles. The number of hydrogen-bond acceptors (Lipinski definition) is 5. The fourth-order valence-corrected chi connectivity index (χ4v) is 6.84. The first-order chi connectivity index (χ1) is 17.9. The van der Waals surface area contributed by atoms with Crippen LogP contribution in [0.3, 0.4) is 0 Å². The van der Waals surface area contributed by atoms with E-state index in [2.05, 4.69) is 85.7 Å². The van der Waals surface area contributed by atoms with E-state index in [0.29, 0.717) is 28.7 Å². The van der Waals surface area contributed by atoms with Gasteiger partial charge in [-0.3, -0.25) is 4.79 Å². The van der Waals surface area contributed by atoms with Crippen molar-refractivity contribution in [1.82, 2.24) is 9.97 Å². The van der Waals surface area contributed by atoms with Gasteiger partial charge in [-0.15, -0.1) is 11.3 Å². The normalized spacial score (nSPS) is 14.7. The number of nitrogens with zero attached hydrogens (tertiary/aromatic N) is 2. The standard InChI is InChI=1S/C30H30N4OS2/c1-18-4-9-21(10-5-18)27-28(22-11-6-19(2)7-12-22)34-30(33-27)36-15-14-26(35)32-29-24(17-31)23-13-8-20(3)16-25(23)37-29/h4-7,9-12,20H,8,13-16H2,1-3H3,(H,32,35)(H,33,34). The molecule has 37 heavy (non-hydrogen) atoms. The van der Waals surface area contributed by atoms with Crippen LogP contribution in [0.2, 0.25) is 0 Å². The van der Waals surface area contributed by atoms with E-state index in [1.165, 1.54) is 27.8 Å². The summed E-state index contributed by atoms with van der Waals surface area (Å²) < 4.78 is 0. The predicted molar refractivity (Wildman–Crippen MR) is 153 cm³/mol. The lowest BCUT2D eigenvalue weighted by Gasteiger charge is -2.17. The minimum absolute atomic E-state index is 0.0697. The minimum atomic E-state index is -0.0697. The summed E-state index contributed by atoms with van der Waals surface area (Å²) in [7, 11) is 0. The van der Waals surface area contributed by atoms with Crippen molar-refractivity contribution in [2.75, 3.05) is 11.1 Å². The van der Waals surface area contributed by atoms with E-state index in [9.17, 15) is 10.1 Å². The first-order valence-corrected chi connectivity index (χ1v) is 14.4. The number of thiophene rings is 1. The van der Waals surface area contributed by atoms with Gasteiger partial charge in [0.15, 0.2) is 5.16 Å². The number of nitriles is 1. The van der Waals surface area contributed by atoms with Crippen LogP contribution >= 0.6 is 23.1 Å². The minimum Gasteiger partial charge on any atom is -0.332 e. The third-order valence-corrected chi connectivity index (χ3v) is 8.84. The Morgan fingerprint density at radius 1 is 1.14 bits per heavy atom. The highest BCUT2D eigenvalue weighted by atomic mass is 32.2. The average molecular weight is 527 g/mol. The molecule has 5 nitrogen and oxygen atoms in total. The van der Waals surface area contributed by atoms with Crippen LogP contribution in [0.1, 0.15) is 46.9 Å². The van der Waals surface area contributed by atoms with Gasteiger partial charge in [-0.1, -0.05) is 78.3 Å². The van der Waals surface area contributed by atoms with Gasteiger partial charge in [0.25, 0.3) is 0 Å². The fourth-order valence-electron chi connectivity index (χ4n) is 4.66. The molecule has 1 amide bonds. The molecule has 0 fully saturated rings. The molecular weight excluding hydrogens is 496 g/mol. The van der Waals surface area contributed by atoms with Gasteiger partial charge in [0.1, 0.15) is 11.1 Å². The number of carbonyl (C=O) groups excluding carboxylic acids is 1. The Hall–Kier alpha value is -3.34. The molecule has 0 radical (unpaired) electrons. The number of fused-ring (bicyclic) bond motifs is 1. The first-order valence-electron chi connectivity index (χ1n) is 12.6. The molecule has 1 aliphatic carbocycles. The average Bonchev–Trinajstić information content (AvgIpc) is 3.45. The van der Waals surface area contributed by atoms with Crippen molar-refractivity contribution in [1.29, 1.82) is 5.26 Å². The number of nitrogens with one attached hydrogen (secondary N) is 2. The number of benzene rings is 2. The molecule has 1 unspecified atom stereocenters. The van der Waals surface area contributed by atoms with Crippen molar-refractivity contribution in [3.05, 3.63) is 75.7 Å². The lowest BCUT2D eigenvalue weighted by Crippen LogP contribution is -2.12. The second-order valence-corrected chi connectivity index (χ2v) is 12.0. The van der Waals surface area contributed by atoms with Gasteiger partial charge in [-0.05, 0) is 44.6 Å². The molecule has 5 rings (SSSR count). The molecular formula is C30H30N4OS2. The van der Waals surface area contributed by atoms with Gasteiger partial charge < -0.3 is 10.3 Å². The highest BCUT2D eigenvalue weighted by Crippen LogP contribution is 2.39. The van der Waals surface area contributed by atoms with Crippen molar-refractivity contribution in [2.45, 2.75) is 51.6 Å². The molecule has 0 saturated heterocycles. The predicted octanol–water partition coefficient (Wildman–Crippen LogP) is 7.54. The van der Waals surface area contributed by atoms with Crippen molar-refractivity contribution in [3.8, 4) is 28.6 Å². The Labute approximate surface area is 226 Å². The van der Waals surface area contributed by atoms with E-state index in [-0.39, 0.29) is 5.91 Å². The zero-order valence-corrected chi connectivity index (χ0v) is 23.0. The molecule has 0 spiro atoms. The molecule has 188 valence electrons. The number of aryl methyl sites for hydroxylation is 2. The summed E-state index contributed by atoms with van der Waals surface area (Å²) in [4.78, 5) is 22.4. The Balaban J connectivity index is 1.28. The smallest absolute Gasteiger partial charge is 0.225 e. The van der Waals surface area contributed by atoms with E-state index in [0.717, 1.165) is 52.5 Å². The topological polar surface area (TPSA) is 81.6 Å². The van der Waals surface area contributed by atoms with Crippen LogP contribution in [-0.4, -0.2) is 21.6 Å². The molecule has 2 aromatic carbocycles. The maximum atomic E-state index is 12.8. The number of aromatic amines is 1. The zero-order valence-electron chi connectivity index (χ0n) is 21.4. The molecule has 7 heteroatoms. The van der Waals surface area contributed by atoms with Crippen LogP contribution in [0, 0.1) is 31.1 Å². The lowest BCUT2D eigenvalue weighted by atomic mass is 9.89. The van der Waals surface area contributed by atoms with Crippen LogP contribution in [0.25, 0.3) is 22.5 Å². The first kappa shape index (κ1) is 25.3. The SMILES string of the molecule is Cc1ccc(-c2nc(SCCC(=O)Nc3sc4c(c3C#N)CCC(C)C4)[nH]c2-c2ccc(C)cc2)cc1. The second-order valence-electron chi connectivity index (χ2n) is 9.81. The molecule has 1 aliphatic rings. The van der Waals surface area contributed by atoms with E-state index in [1.54, 1.807) is 11.3 Å². The van der Waals surface area contributed by atoms with Crippen LogP contribution in [0.5, 0.6) is 0 Å². The quantitative estimate of drug-likeness (QED) is 0.244. The highest BCUT2D eigenvalue weighted by molar-refractivity contribution is 7.99. The number of imidazole rings is 1. The summed E-state index contributed by atoms with van der Waals surface area (Å²) in [6, 6.07) is 19.1. The highest BCUT2D eigenvalue weighted by Gasteiger charge is 2.24. The summed E-state index contributed by atoms with van der Waals surface area (Å²) in [5.41, 5.74) is 8.24. The summed E-state index contributed by atoms with van der Waals surface area (Å²) >= 11 is 3.11. The molecule has 2 heterocycles. The molecule has 4 aromatic rings. The van der Waals surface area contributed by atoms with Gasteiger partial charge in [0.05, 0.1) is 17.0 Å². The van der Waals surface area contributed by atoms with Crippen LogP contribution in [0.15, 0.2) is 53.7 Å². The number of H-pyrrole nitrogens is 1. The lowest BCUT2D eigenvalue weighted by molar-refractivity contribution is -0.115. The summed E-state index contributed by atoms with van der Waals surface area (Å²) in [6.45, 7) is 6.40. The van der Waals surface area contributed by atoms with E-state index < -0.39 is 0 Å². The van der Waals surface area contributed by atoms with Crippen molar-refractivity contribution in [2.24, 2.45) is 5.92 Å². The van der Waals surface area contributed by atoms with Crippen LogP contribution < -0.4 is 5.32 Å². The molecule has 0 aliphatic heterocycles. The van der Waals surface area contributed by atoms with Gasteiger partial charge in [-0.25, -0.2) is 4.98 Å². The second kappa shape index (κ2) is 11.0. The largest absolute Gasteiger partial charge is 0.332 e. The van der Waals surface area contributed by atoms with Gasteiger partial charge in [0.2, 0.25) is 5.91 Å². The van der Waals surface area contributed by atoms with Crippen molar-refractivity contribution < 1.29 is 4.79 Å². The third kappa shape index (κ3) is 5.66. The number of thioether (sulfide) groups is 1. The van der Waals surface area contributed by atoms with E-state index >= 15 is 0 Å². The Kier molecular flexibility index (Phi) is 7.50. The van der Waals surface area contributed by atoms with Gasteiger partial charge >= 0.3 is 0 Å². The van der Waals surface area contributed by atoms with Crippen molar-refractivity contribution in [3.63, 3.8) is 0 Å². The number of carbonyl (C=O) groups is 1. The number of aromatic nitrogens is 2. The number of rotatable bonds is 7. The summed E-state index contributed by atoms with van der Waals surface area (Å²) in [5, 5.41) is 14.2. The maximum Gasteiger partial charge on any atom is 0.225 e. The van der Waals surface area contributed by atoms with Crippen molar-refractivity contribution >= 4 is 34.0 Å². The Bertz CT molecular complexity index is 1400. The van der Waals surface area contributed by atoms with Crippen LogP contribution in [0.4, 0.5) is 5.00 Å². The van der Waals surface area contributed by atoms with Gasteiger partial charge in [0, 0.05) is 28.2 Å². The molecule has 1 atom stereocenters. The number of hydrogen-bond donors (Lipinski definition) is 2.